The minimum Gasteiger partial charge on any atom is -0.260 e. The Hall–Kier alpha value is -2.27. The van der Waals surface area contributed by atoms with Crippen molar-refractivity contribution in [1.82, 2.24) is 9.97 Å². The molecule has 3 aromatic rings. The topological polar surface area (TPSA) is 50.2 Å². The van der Waals surface area contributed by atoms with E-state index in [-0.39, 0.29) is 0 Å². The maximum atomic E-state index is 4.52. The van der Waals surface area contributed by atoms with Crippen LogP contribution in [0, 0.1) is 0 Å². The number of anilines is 1. The van der Waals surface area contributed by atoms with Crippen molar-refractivity contribution in [3.8, 4) is 0 Å². The molecule has 0 unspecified atom stereocenters. The lowest BCUT2D eigenvalue weighted by Gasteiger charge is -2.11. The van der Waals surface area contributed by atoms with Gasteiger partial charge in [0.15, 0.2) is 5.82 Å². The average molecular weight is 322 g/mol. The number of benzene rings is 1. The summed E-state index contributed by atoms with van der Waals surface area (Å²) in [4.78, 5) is 11.4. The van der Waals surface area contributed by atoms with Crippen molar-refractivity contribution in [2.24, 2.45) is 5.10 Å². The Kier molecular flexibility index (Phi) is 3.79. The summed E-state index contributed by atoms with van der Waals surface area (Å²) in [6.07, 6.45) is 6.45. The van der Waals surface area contributed by atoms with Crippen LogP contribution in [-0.2, 0) is 12.8 Å². The Morgan fingerprint density at radius 2 is 1.96 bits per heavy atom. The van der Waals surface area contributed by atoms with Gasteiger partial charge in [-0.05, 0) is 43.7 Å². The number of aryl methyl sites for hydroxylation is 2. The summed E-state index contributed by atoms with van der Waals surface area (Å²) in [7, 11) is 0. The van der Waals surface area contributed by atoms with E-state index in [1.54, 1.807) is 17.7 Å². The summed E-state index contributed by atoms with van der Waals surface area (Å²) in [5.74, 6) is 0.824. The van der Waals surface area contributed by atoms with E-state index in [0.717, 1.165) is 33.7 Å². The van der Waals surface area contributed by atoms with Gasteiger partial charge in [0, 0.05) is 4.88 Å². The van der Waals surface area contributed by atoms with Crippen molar-refractivity contribution >= 4 is 33.1 Å². The zero-order valence-electron chi connectivity index (χ0n) is 13.0. The third-order valence-electron chi connectivity index (χ3n) is 4.27. The normalized spacial score (nSPS) is 14.7. The molecule has 116 valence electrons. The zero-order valence-corrected chi connectivity index (χ0v) is 13.9. The molecule has 4 rings (SSSR count). The lowest BCUT2D eigenvalue weighted by Crippen LogP contribution is -2.03. The fraction of sp³-hybridized carbons (Fsp3) is 0.278. The van der Waals surface area contributed by atoms with Gasteiger partial charge in [0.25, 0.3) is 0 Å². The van der Waals surface area contributed by atoms with Crippen LogP contribution in [0.4, 0.5) is 5.82 Å². The molecule has 4 nitrogen and oxygen atoms in total. The molecule has 0 aliphatic heterocycles. The Balaban J connectivity index is 1.71. The highest BCUT2D eigenvalue weighted by Gasteiger charge is 2.19. The molecule has 0 radical (unpaired) electrons. The van der Waals surface area contributed by atoms with Gasteiger partial charge in [-0.1, -0.05) is 30.3 Å². The predicted octanol–water partition coefficient (Wildman–Crippen LogP) is 4.41. The first kappa shape index (κ1) is 14.3. The molecule has 5 heteroatoms. The van der Waals surface area contributed by atoms with E-state index < -0.39 is 0 Å². The smallest absolute Gasteiger partial charge is 0.158 e. The van der Waals surface area contributed by atoms with E-state index in [2.05, 4.69) is 32.6 Å². The molecule has 23 heavy (non-hydrogen) atoms. The lowest BCUT2D eigenvalue weighted by atomic mass is 9.97. The number of hydrogen-bond acceptors (Lipinski definition) is 5. The van der Waals surface area contributed by atoms with E-state index >= 15 is 0 Å². The van der Waals surface area contributed by atoms with Crippen LogP contribution in [0.15, 0.2) is 41.8 Å². The van der Waals surface area contributed by atoms with Gasteiger partial charge in [0.2, 0.25) is 0 Å². The molecule has 1 N–H and O–H groups in total. The first-order valence-corrected chi connectivity index (χ1v) is 8.75. The fourth-order valence-corrected chi connectivity index (χ4v) is 4.28. The summed E-state index contributed by atoms with van der Waals surface area (Å²) in [6, 6.07) is 10.2. The van der Waals surface area contributed by atoms with Gasteiger partial charge in [0.05, 0.1) is 11.1 Å². The maximum absolute atomic E-state index is 4.52. The van der Waals surface area contributed by atoms with E-state index in [4.69, 9.17) is 0 Å². The van der Waals surface area contributed by atoms with Gasteiger partial charge >= 0.3 is 0 Å². The van der Waals surface area contributed by atoms with Crippen LogP contribution >= 0.6 is 11.3 Å². The van der Waals surface area contributed by atoms with Crippen LogP contribution < -0.4 is 5.43 Å². The van der Waals surface area contributed by atoms with Gasteiger partial charge in [-0.15, -0.1) is 11.3 Å². The molecule has 2 heterocycles. The second-order valence-corrected chi connectivity index (χ2v) is 6.87. The van der Waals surface area contributed by atoms with Gasteiger partial charge in [-0.25, -0.2) is 9.97 Å². The van der Waals surface area contributed by atoms with Gasteiger partial charge in [-0.2, -0.15) is 5.10 Å². The molecule has 0 spiro atoms. The molecule has 1 aliphatic rings. The number of nitrogens with one attached hydrogen (secondary N) is 1. The van der Waals surface area contributed by atoms with E-state index in [9.17, 15) is 0 Å². The molecule has 0 amide bonds. The van der Waals surface area contributed by atoms with E-state index in [0.29, 0.717) is 0 Å². The summed E-state index contributed by atoms with van der Waals surface area (Å²) in [6.45, 7) is 2.00. The number of hydrazone groups is 1. The second-order valence-electron chi connectivity index (χ2n) is 5.79. The average Bonchev–Trinajstić information content (AvgIpc) is 2.99. The standard InChI is InChI=1S/C18H18N4S/c1-12(13-7-3-2-4-8-13)21-22-17-16-14-9-5-6-10-15(14)23-18(16)20-11-19-17/h2-4,7-8,11H,5-6,9-10H2,1H3,(H,19,20,22)/b21-12-. The first-order valence-electron chi connectivity index (χ1n) is 7.94. The third-order valence-corrected chi connectivity index (χ3v) is 5.47. The van der Waals surface area contributed by atoms with Crippen LogP contribution in [0.25, 0.3) is 10.2 Å². The summed E-state index contributed by atoms with van der Waals surface area (Å²) >= 11 is 1.80. The van der Waals surface area contributed by atoms with Crippen LogP contribution in [-0.4, -0.2) is 15.7 Å². The number of thiophene rings is 1. The van der Waals surface area contributed by atoms with Crippen molar-refractivity contribution in [3.63, 3.8) is 0 Å². The van der Waals surface area contributed by atoms with Crippen LogP contribution in [0.1, 0.15) is 35.8 Å². The van der Waals surface area contributed by atoms with Crippen LogP contribution in [0.2, 0.25) is 0 Å². The molecule has 0 fully saturated rings. The van der Waals surface area contributed by atoms with Crippen molar-refractivity contribution in [2.75, 3.05) is 5.43 Å². The maximum Gasteiger partial charge on any atom is 0.158 e. The predicted molar refractivity (Wildman–Crippen MR) is 96.3 cm³/mol. The number of rotatable bonds is 3. The molecule has 1 aromatic carbocycles. The number of fused-ring (bicyclic) bond motifs is 3. The molecule has 0 bridgehead atoms. The van der Waals surface area contributed by atoms with Crippen molar-refractivity contribution in [1.29, 1.82) is 0 Å². The largest absolute Gasteiger partial charge is 0.260 e. The fourth-order valence-electron chi connectivity index (χ4n) is 3.06. The van der Waals surface area contributed by atoms with Gasteiger partial charge in [0.1, 0.15) is 11.2 Å². The number of aromatic nitrogens is 2. The Bertz CT molecular complexity index is 867. The van der Waals surface area contributed by atoms with Gasteiger partial charge in [-0.3, -0.25) is 5.43 Å². The Morgan fingerprint density at radius 1 is 1.13 bits per heavy atom. The number of nitrogens with zero attached hydrogens (tertiary/aromatic N) is 3. The third kappa shape index (κ3) is 2.72. The molecule has 2 aromatic heterocycles. The zero-order chi connectivity index (χ0) is 15.6. The molecule has 0 saturated heterocycles. The highest BCUT2D eigenvalue weighted by Crippen LogP contribution is 2.38. The van der Waals surface area contributed by atoms with Crippen LogP contribution in [0.5, 0.6) is 0 Å². The summed E-state index contributed by atoms with van der Waals surface area (Å²) < 4.78 is 0. The number of hydrogen-bond donors (Lipinski definition) is 1. The second kappa shape index (κ2) is 6.08. The minimum atomic E-state index is 0.824. The summed E-state index contributed by atoms with van der Waals surface area (Å²) in [5, 5.41) is 5.69. The Labute approximate surface area is 139 Å². The molecule has 0 atom stereocenters. The quantitative estimate of drug-likeness (QED) is 0.574. The molecular weight excluding hydrogens is 304 g/mol. The SMILES string of the molecule is C/C(=N/Nc1ncnc2sc3c(c12)CCCC3)c1ccccc1. The van der Waals surface area contributed by atoms with Crippen molar-refractivity contribution in [2.45, 2.75) is 32.6 Å². The van der Waals surface area contributed by atoms with E-state index in [1.807, 2.05) is 25.1 Å². The first-order chi connectivity index (χ1) is 11.3. The van der Waals surface area contributed by atoms with Crippen LogP contribution in [0.3, 0.4) is 0 Å². The highest BCUT2D eigenvalue weighted by molar-refractivity contribution is 7.19. The molecule has 0 saturated carbocycles. The van der Waals surface area contributed by atoms with Crippen molar-refractivity contribution < 1.29 is 0 Å². The lowest BCUT2D eigenvalue weighted by molar-refractivity contribution is 0.700. The minimum absolute atomic E-state index is 0.824. The van der Waals surface area contributed by atoms with Gasteiger partial charge < -0.3 is 0 Å². The molecular formula is C18H18N4S. The van der Waals surface area contributed by atoms with E-state index in [1.165, 1.54) is 29.7 Å². The Morgan fingerprint density at radius 3 is 2.83 bits per heavy atom. The molecule has 1 aliphatic carbocycles. The monoisotopic (exact) mass is 322 g/mol. The summed E-state index contributed by atoms with van der Waals surface area (Å²) in [5.41, 5.74) is 6.64. The highest BCUT2D eigenvalue weighted by atomic mass is 32.1. The van der Waals surface area contributed by atoms with Crippen molar-refractivity contribution in [3.05, 3.63) is 52.7 Å².